The number of ether oxygens (including phenoxy) is 2. The maximum atomic E-state index is 13.1. The normalized spacial score (nSPS) is 22.2. The van der Waals surface area contributed by atoms with Crippen molar-refractivity contribution in [3.63, 3.8) is 0 Å². The van der Waals surface area contributed by atoms with Crippen molar-refractivity contribution in [3.8, 4) is 11.5 Å². The van der Waals surface area contributed by atoms with Crippen LogP contribution in [0.3, 0.4) is 0 Å². The Bertz CT molecular complexity index is 1130. The van der Waals surface area contributed by atoms with E-state index in [4.69, 9.17) is 9.47 Å². The predicted molar refractivity (Wildman–Crippen MR) is 123 cm³/mol. The molecule has 2 aromatic carbocycles. The third kappa shape index (κ3) is 3.21. The van der Waals surface area contributed by atoms with E-state index in [-0.39, 0.29) is 5.92 Å². The molecule has 3 aliphatic heterocycles. The highest BCUT2D eigenvalue weighted by molar-refractivity contribution is 9.10. The van der Waals surface area contributed by atoms with E-state index in [1.54, 1.807) is 0 Å². The molecule has 0 saturated heterocycles. The van der Waals surface area contributed by atoms with Crippen LogP contribution in [0, 0.1) is 0 Å². The first kappa shape index (κ1) is 19.2. The number of hydrogen-bond donors (Lipinski definition) is 0. The van der Waals surface area contributed by atoms with E-state index in [9.17, 15) is 4.79 Å². The first-order valence-electron chi connectivity index (χ1n) is 11.1. The molecule has 1 atom stereocenters. The number of fused-ring (bicyclic) bond motifs is 5. The first-order valence-corrected chi connectivity index (χ1v) is 11.9. The molecule has 0 fully saturated rings. The van der Waals surface area contributed by atoms with Crippen molar-refractivity contribution in [1.82, 2.24) is 4.90 Å². The molecule has 2 aromatic rings. The van der Waals surface area contributed by atoms with Crippen LogP contribution in [0.5, 0.6) is 11.5 Å². The number of benzene rings is 2. The van der Waals surface area contributed by atoms with Gasteiger partial charge in [0.05, 0.1) is 13.2 Å². The van der Waals surface area contributed by atoms with Crippen molar-refractivity contribution in [2.24, 2.45) is 0 Å². The number of hydrogen-bond acceptors (Lipinski definition) is 4. The Morgan fingerprint density at radius 1 is 0.935 bits per heavy atom. The molecule has 5 heteroatoms. The molecular formula is C26H24BrNO3. The zero-order valence-corrected chi connectivity index (χ0v) is 18.9. The second-order valence-electron chi connectivity index (χ2n) is 8.63. The Hall–Kier alpha value is -2.53. The maximum Gasteiger partial charge on any atom is 0.161 e. The monoisotopic (exact) mass is 477 g/mol. The largest absolute Gasteiger partial charge is 0.490 e. The highest BCUT2D eigenvalue weighted by Gasteiger charge is 2.38. The summed E-state index contributed by atoms with van der Waals surface area (Å²) in [5, 5.41) is 0. The van der Waals surface area contributed by atoms with Gasteiger partial charge in [-0.2, -0.15) is 0 Å². The van der Waals surface area contributed by atoms with E-state index in [1.807, 2.05) is 0 Å². The molecule has 0 N–H and O–H groups in total. The van der Waals surface area contributed by atoms with Crippen LogP contribution in [0.15, 0.2) is 58.2 Å². The summed E-state index contributed by atoms with van der Waals surface area (Å²) in [4.78, 5) is 15.5. The zero-order chi connectivity index (χ0) is 20.9. The Balaban J connectivity index is 1.51. The van der Waals surface area contributed by atoms with E-state index >= 15 is 0 Å². The van der Waals surface area contributed by atoms with Crippen molar-refractivity contribution in [2.75, 3.05) is 19.8 Å². The summed E-state index contributed by atoms with van der Waals surface area (Å²) in [5.74, 6) is 1.98. The molecule has 1 unspecified atom stereocenters. The molecular weight excluding hydrogens is 454 g/mol. The van der Waals surface area contributed by atoms with Crippen LogP contribution < -0.4 is 9.47 Å². The Morgan fingerprint density at radius 3 is 2.52 bits per heavy atom. The van der Waals surface area contributed by atoms with E-state index in [0.29, 0.717) is 25.4 Å². The lowest BCUT2D eigenvalue weighted by Gasteiger charge is -2.43. The fourth-order valence-electron chi connectivity index (χ4n) is 5.31. The Labute approximate surface area is 190 Å². The summed E-state index contributed by atoms with van der Waals surface area (Å²) in [6.07, 6.45) is 6.69. The summed E-state index contributed by atoms with van der Waals surface area (Å²) in [5.41, 5.74) is 7.10. The maximum absolute atomic E-state index is 13.1. The smallest absolute Gasteiger partial charge is 0.161 e. The summed E-state index contributed by atoms with van der Waals surface area (Å²) in [6, 6.07) is 12.7. The van der Waals surface area contributed by atoms with Crippen LogP contribution in [0.4, 0.5) is 0 Å². The minimum atomic E-state index is -0.0101. The molecule has 0 amide bonds. The molecule has 0 saturated carbocycles. The van der Waals surface area contributed by atoms with Crippen LogP contribution >= 0.6 is 15.9 Å². The topological polar surface area (TPSA) is 38.8 Å². The second kappa shape index (κ2) is 7.56. The van der Waals surface area contributed by atoms with Gasteiger partial charge in [-0.05, 0) is 60.7 Å². The third-order valence-corrected chi connectivity index (χ3v) is 7.29. The lowest BCUT2D eigenvalue weighted by Crippen LogP contribution is -2.36. The van der Waals surface area contributed by atoms with Crippen molar-refractivity contribution >= 4 is 27.4 Å². The van der Waals surface area contributed by atoms with Crippen molar-refractivity contribution < 1.29 is 14.3 Å². The quantitative estimate of drug-likeness (QED) is 0.534. The average Bonchev–Trinajstić information content (AvgIpc) is 3.02. The number of carbonyl (C=O) groups is 1. The van der Waals surface area contributed by atoms with Crippen LogP contribution in [0.25, 0.3) is 5.70 Å². The van der Waals surface area contributed by atoms with Crippen LogP contribution in [-0.2, 0) is 11.2 Å². The highest BCUT2D eigenvalue weighted by Crippen LogP contribution is 2.48. The molecule has 0 radical (unpaired) electrons. The number of nitrogens with zero attached hydrogens (tertiary/aromatic N) is 1. The molecule has 31 heavy (non-hydrogen) atoms. The van der Waals surface area contributed by atoms with E-state index in [2.05, 4.69) is 63.3 Å². The lowest BCUT2D eigenvalue weighted by atomic mass is 9.77. The molecule has 158 valence electrons. The summed E-state index contributed by atoms with van der Waals surface area (Å²) in [7, 11) is 0. The van der Waals surface area contributed by atoms with Crippen molar-refractivity contribution in [3.05, 3.63) is 74.9 Å². The third-order valence-electron chi connectivity index (χ3n) is 6.76. The number of Topliss-reactive ketones (excluding diaryl/α,β-unsaturated/α-hetero) is 1. The molecule has 0 aromatic heterocycles. The summed E-state index contributed by atoms with van der Waals surface area (Å²) >= 11 is 3.54. The fraction of sp³-hybridized carbons (Fsp3) is 0.346. The van der Waals surface area contributed by atoms with Gasteiger partial charge in [-0.1, -0.05) is 28.1 Å². The molecule has 0 spiro atoms. The number of ketones is 1. The second-order valence-corrected chi connectivity index (χ2v) is 9.54. The summed E-state index contributed by atoms with van der Waals surface area (Å²) in [6.45, 7) is 2.28. The van der Waals surface area contributed by atoms with Crippen LogP contribution in [-0.4, -0.2) is 30.4 Å². The van der Waals surface area contributed by atoms with E-state index in [1.165, 1.54) is 28.1 Å². The fourth-order valence-corrected chi connectivity index (χ4v) is 5.57. The van der Waals surface area contributed by atoms with Crippen LogP contribution in [0.2, 0.25) is 0 Å². The molecule has 4 nitrogen and oxygen atoms in total. The van der Waals surface area contributed by atoms with Crippen molar-refractivity contribution in [2.45, 2.75) is 38.0 Å². The molecule has 3 heterocycles. The Kier molecular flexibility index (Phi) is 4.67. The van der Waals surface area contributed by atoms with Gasteiger partial charge in [-0.3, -0.25) is 4.79 Å². The van der Waals surface area contributed by atoms with Crippen LogP contribution in [0.1, 0.15) is 48.3 Å². The number of rotatable bonds is 1. The van der Waals surface area contributed by atoms with Gasteiger partial charge in [0.2, 0.25) is 0 Å². The highest BCUT2D eigenvalue weighted by atomic mass is 79.9. The molecule has 4 aliphatic rings. The predicted octanol–water partition coefficient (Wildman–Crippen LogP) is 5.61. The van der Waals surface area contributed by atoms with Crippen molar-refractivity contribution in [1.29, 1.82) is 0 Å². The first-order chi connectivity index (χ1) is 15.2. The van der Waals surface area contributed by atoms with Gasteiger partial charge < -0.3 is 14.4 Å². The van der Waals surface area contributed by atoms with Gasteiger partial charge in [0, 0.05) is 52.3 Å². The van der Waals surface area contributed by atoms with Gasteiger partial charge >= 0.3 is 0 Å². The van der Waals surface area contributed by atoms with Gasteiger partial charge in [0.25, 0.3) is 0 Å². The summed E-state index contributed by atoms with van der Waals surface area (Å²) < 4.78 is 13.0. The van der Waals surface area contributed by atoms with Gasteiger partial charge in [0.1, 0.15) is 0 Å². The minimum absolute atomic E-state index is 0.0101. The number of carbonyl (C=O) groups excluding carboxylic acids is 1. The molecule has 6 rings (SSSR count). The van der Waals surface area contributed by atoms with Gasteiger partial charge in [-0.25, -0.2) is 0 Å². The van der Waals surface area contributed by atoms with Gasteiger partial charge in [-0.15, -0.1) is 0 Å². The minimum Gasteiger partial charge on any atom is -0.490 e. The average molecular weight is 478 g/mol. The van der Waals surface area contributed by atoms with E-state index < -0.39 is 0 Å². The zero-order valence-electron chi connectivity index (χ0n) is 17.3. The SMILES string of the molecule is O=C1CCCC2=C1C(c1ccc(Br)cc1)C=C1c3cc4c(cc3CCN12)OCCCO4. The lowest BCUT2D eigenvalue weighted by molar-refractivity contribution is -0.116. The van der Waals surface area contributed by atoms with E-state index in [0.717, 1.165) is 53.8 Å². The molecule has 1 aliphatic carbocycles. The number of allylic oxidation sites excluding steroid dienone is 3. The number of halogens is 1. The van der Waals surface area contributed by atoms with Gasteiger partial charge in [0.15, 0.2) is 17.3 Å². The Morgan fingerprint density at radius 2 is 1.71 bits per heavy atom. The standard InChI is InChI=1S/C26H24BrNO3/c27-18-7-5-16(6-8-18)20-14-22-19-15-25-24(30-11-2-12-31-25)13-17(19)9-10-28(22)21-3-1-4-23(29)26(20)21/h5-8,13-15,20H,1-4,9-12H2. The molecule has 0 bridgehead atoms.